The van der Waals surface area contributed by atoms with Gasteiger partial charge in [0.15, 0.2) is 0 Å². The van der Waals surface area contributed by atoms with Gasteiger partial charge in [0, 0.05) is 25.6 Å². The third kappa shape index (κ3) is 4.49. The number of sulfonamides is 1. The summed E-state index contributed by atoms with van der Waals surface area (Å²) in [6.07, 6.45) is 2.52. The molecule has 8 heteroatoms. The molecule has 0 unspecified atom stereocenters. The van der Waals surface area contributed by atoms with Crippen LogP contribution in [0.25, 0.3) is 0 Å². The van der Waals surface area contributed by atoms with E-state index in [9.17, 15) is 17.6 Å². The van der Waals surface area contributed by atoms with Crippen LogP contribution >= 0.6 is 11.3 Å². The van der Waals surface area contributed by atoms with E-state index in [0.717, 1.165) is 18.4 Å². The minimum Gasteiger partial charge on any atom is -0.352 e. The van der Waals surface area contributed by atoms with E-state index in [2.05, 4.69) is 5.32 Å². The lowest BCUT2D eigenvalue weighted by molar-refractivity contribution is -0.122. The Morgan fingerprint density at radius 1 is 1.23 bits per heavy atom. The SMILES string of the molecule is O=C(C[C@H]1CCCCN1S(=O)(=O)c1cccs1)NCc1ccc(F)cc1. The summed E-state index contributed by atoms with van der Waals surface area (Å²) in [7, 11) is -3.56. The van der Waals surface area contributed by atoms with Crippen molar-refractivity contribution in [3.63, 3.8) is 0 Å². The predicted molar refractivity (Wildman–Crippen MR) is 98.7 cm³/mol. The number of thiophene rings is 1. The fourth-order valence-electron chi connectivity index (χ4n) is 3.11. The molecule has 1 atom stereocenters. The van der Waals surface area contributed by atoms with Crippen LogP contribution in [0.1, 0.15) is 31.2 Å². The van der Waals surface area contributed by atoms with Crippen molar-refractivity contribution >= 4 is 27.3 Å². The fourth-order valence-corrected chi connectivity index (χ4v) is 5.92. The summed E-state index contributed by atoms with van der Waals surface area (Å²) in [6.45, 7) is 0.736. The molecule has 1 aromatic heterocycles. The van der Waals surface area contributed by atoms with Crippen molar-refractivity contribution in [3.05, 3.63) is 53.2 Å². The van der Waals surface area contributed by atoms with E-state index in [0.29, 0.717) is 23.7 Å². The summed E-state index contributed by atoms with van der Waals surface area (Å²) in [5, 5.41) is 4.53. The van der Waals surface area contributed by atoms with Crippen molar-refractivity contribution in [3.8, 4) is 0 Å². The van der Waals surface area contributed by atoms with Crippen LogP contribution in [0, 0.1) is 5.82 Å². The van der Waals surface area contributed by atoms with Crippen LogP contribution in [0.3, 0.4) is 0 Å². The van der Waals surface area contributed by atoms with Crippen molar-refractivity contribution < 1.29 is 17.6 Å². The van der Waals surface area contributed by atoms with E-state index < -0.39 is 10.0 Å². The van der Waals surface area contributed by atoms with Gasteiger partial charge in [0.25, 0.3) is 10.0 Å². The van der Waals surface area contributed by atoms with E-state index in [1.54, 1.807) is 29.6 Å². The molecule has 5 nitrogen and oxygen atoms in total. The number of rotatable bonds is 6. The molecule has 1 aliphatic heterocycles. The van der Waals surface area contributed by atoms with Gasteiger partial charge in [0.2, 0.25) is 5.91 Å². The number of hydrogen-bond donors (Lipinski definition) is 1. The van der Waals surface area contributed by atoms with Gasteiger partial charge in [0.05, 0.1) is 0 Å². The molecule has 1 aliphatic rings. The third-order valence-electron chi connectivity index (χ3n) is 4.46. The molecule has 0 spiro atoms. The Hall–Kier alpha value is -1.77. The Labute approximate surface area is 156 Å². The fraction of sp³-hybridized carbons (Fsp3) is 0.389. The van der Waals surface area contributed by atoms with Gasteiger partial charge in [-0.15, -0.1) is 11.3 Å². The molecular weight excluding hydrogens is 375 g/mol. The van der Waals surface area contributed by atoms with Crippen LogP contribution in [0.2, 0.25) is 0 Å². The first-order valence-electron chi connectivity index (χ1n) is 8.53. The van der Waals surface area contributed by atoms with E-state index in [-0.39, 0.29) is 24.2 Å². The standard InChI is InChI=1S/C18H21FN2O3S2/c19-15-8-6-14(7-9-15)13-20-17(22)12-16-4-1-2-10-21(16)26(23,24)18-5-3-11-25-18/h3,5-9,11,16H,1-2,4,10,12-13H2,(H,20,22)/t16-/m1/s1. The molecule has 1 aromatic carbocycles. The van der Waals surface area contributed by atoms with Crippen LogP contribution in [0.4, 0.5) is 4.39 Å². The van der Waals surface area contributed by atoms with Gasteiger partial charge < -0.3 is 5.32 Å². The normalized spacial score (nSPS) is 18.6. The van der Waals surface area contributed by atoms with Crippen LogP contribution in [0.5, 0.6) is 0 Å². The predicted octanol–water partition coefficient (Wildman–Crippen LogP) is 3.14. The molecule has 0 aliphatic carbocycles. The third-order valence-corrected chi connectivity index (χ3v) is 7.78. The molecule has 26 heavy (non-hydrogen) atoms. The number of nitrogens with zero attached hydrogens (tertiary/aromatic N) is 1. The summed E-state index contributed by atoms with van der Waals surface area (Å²) in [5.41, 5.74) is 0.798. The molecule has 0 bridgehead atoms. The maximum atomic E-state index is 12.9. The maximum Gasteiger partial charge on any atom is 0.252 e. The average molecular weight is 397 g/mol. The second kappa shape index (κ2) is 8.28. The minimum absolute atomic E-state index is 0.131. The highest BCUT2D eigenvalue weighted by atomic mass is 32.2. The highest BCUT2D eigenvalue weighted by Gasteiger charge is 2.35. The number of carbonyl (C=O) groups excluding carboxylic acids is 1. The number of piperidine rings is 1. The zero-order valence-corrected chi connectivity index (χ0v) is 15.9. The topological polar surface area (TPSA) is 66.5 Å². The summed E-state index contributed by atoms with van der Waals surface area (Å²) in [5.74, 6) is -0.524. The Kier molecular flexibility index (Phi) is 6.05. The first-order chi connectivity index (χ1) is 12.5. The maximum absolute atomic E-state index is 12.9. The molecule has 3 rings (SSSR count). The Balaban J connectivity index is 1.63. The Morgan fingerprint density at radius 3 is 2.69 bits per heavy atom. The molecule has 1 N–H and O–H groups in total. The van der Waals surface area contributed by atoms with Crippen LogP contribution in [-0.4, -0.2) is 31.2 Å². The molecule has 140 valence electrons. The van der Waals surface area contributed by atoms with Gasteiger partial charge in [-0.2, -0.15) is 4.31 Å². The first kappa shape index (κ1) is 19.0. The molecule has 2 aromatic rings. The van der Waals surface area contributed by atoms with Crippen molar-refractivity contribution in [2.75, 3.05) is 6.54 Å². The number of amides is 1. The average Bonchev–Trinajstić information content (AvgIpc) is 3.17. The van der Waals surface area contributed by atoms with Crippen LogP contribution < -0.4 is 5.32 Å². The van der Waals surface area contributed by atoms with Gasteiger partial charge in [-0.3, -0.25) is 4.79 Å². The lowest BCUT2D eigenvalue weighted by Crippen LogP contribution is -2.45. The largest absolute Gasteiger partial charge is 0.352 e. The Bertz CT molecular complexity index is 836. The van der Waals surface area contributed by atoms with Crippen LogP contribution in [-0.2, 0) is 21.4 Å². The number of benzene rings is 1. The molecule has 0 radical (unpaired) electrons. The van der Waals surface area contributed by atoms with Crippen molar-refractivity contribution in [1.82, 2.24) is 9.62 Å². The molecule has 0 saturated carbocycles. The number of carbonyl (C=O) groups is 1. The van der Waals surface area contributed by atoms with Crippen molar-refractivity contribution in [2.45, 2.75) is 42.5 Å². The Morgan fingerprint density at radius 2 is 2.00 bits per heavy atom. The summed E-state index contributed by atoms with van der Waals surface area (Å²) in [6, 6.07) is 8.90. The second-order valence-electron chi connectivity index (χ2n) is 6.30. The van der Waals surface area contributed by atoms with E-state index in [1.165, 1.54) is 27.8 Å². The molecule has 1 saturated heterocycles. The summed E-state index contributed by atoms with van der Waals surface area (Å²) >= 11 is 1.19. The minimum atomic E-state index is -3.56. The van der Waals surface area contributed by atoms with Gasteiger partial charge >= 0.3 is 0 Å². The quantitative estimate of drug-likeness (QED) is 0.816. The lowest BCUT2D eigenvalue weighted by atomic mass is 10.0. The smallest absolute Gasteiger partial charge is 0.252 e. The highest BCUT2D eigenvalue weighted by Crippen LogP contribution is 2.29. The zero-order valence-electron chi connectivity index (χ0n) is 14.2. The molecule has 1 amide bonds. The number of nitrogens with one attached hydrogen (secondary N) is 1. The van der Waals surface area contributed by atoms with E-state index in [4.69, 9.17) is 0 Å². The molecule has 2 heterocycles. The zero-order chi connectivity index (χ0) is 18.6. The van der Waals surface area contributed by atoms with Crippen molar-refractivity contribution in [2.24, 2.45) is 0 Å². The van der Waals surface area contributed by atoms with Crippen LogP contribution in [0.15, 0.2) is 46.0 Å². The first-order valence-corrected chi connectivity index (χ1v) is 10.9. The van der Waals surface area contributed by atoms with Gasteiger partial charge in [-0.25, -0.2) is 12.8 Å². The van der Waals surface area contributed by atoms with Crippen molar-refractivity contribution in [1.29, 1.82) is 0 Å². The number of hydrogen-bond acceptors (Lipinski definition) is 4. The monoisotopic (exact) mass is 396 g/mol. The van der Waals surface area contributed by atoms with Gasteiger partial charge in [-0.1, -0.05) is 24.6 Å². The molecular formula is C18H21FN2O3S2. The van der Waals surface area contributed by atoms with E-state index >= 15 is 0 Å². The highest BCUT2D eigenvalue weighted by molar-refractivity contribution is 7.91. The summed E-state index contributed by atoms with van der Waals surface area (Å²) < 4.78 is 40.3. The van der Waals surface area contributed by atoms with E-state index in [1.807, 2.05) is 0 Å². The molecule has 1 fully saturated rings. The number of halogens is 1. The van der Waals surface area contributed by atoms with Gasteiger partial charge in [0.1, 0.15) is 10.0 Å². The lowest BCUT2D eigenvalue weighted by Gasteiger charge is -2.34. The second-order valence-corrected chi connectivity index (χ2v) is 9.37. The summed E-state index contributed by atoms with van der Waals surface area (Å²) in [4.78, 5) is 12.3. The van der Waals surface area contributed by atoms with Gasteiger partial charge in [-0.05, 0) is 42.0 Å².